The summed E-state index contributed by atoms with van der Waals surface area (Å²) in [4.78, 5) is 28.1. The number of nitrogens with one attached hydrogen (secondary N) is 2. The van der Waals surface area contributed by atoms with E-state index in [1.807, 2.05) is 64.1 Å². The molecule has 32 heavy (non-hydrogen) atoms. The fourth-order valence-electron chi connectivity index (χ4n) is 3.61. The first-order valence-electron chi connectivity index (χ1n) is 10.6. The summed E-state index contributed by atoms with van der Waals surface area (Å²) in [6.07, 6.45) is 0. The van der Waals surface area contributed by atoms with Gasteiger partial charge < -0.3 is 19.8 Å². The van der Waals surface area contributed by atoms with Crippen molar-refractivity contribution in [1.82, 2.24) is 10.3 Å². The number of aromatic nitrogens is 1. The highest BCUT2D eigenvalue weighted by Crippen LogP contribution is 2.27. The van der Waals surface area contributed by atoms with E-state index in [-0.39, 0.29) is 18.0 Å². The van der Waals surface area contributed by atoms with Gasteiger partial charge in [0, 0.05) is 30.5 Å². The van der Waals surface area contributed by atoms with Gasteiger partial charge in [0.15, 0.2) is 0 Å². The lowest BCUT2D eigenvalue weighted by Gasteiger charge is -2.14. The SMILES string of the molecule is COCCOc1ccc(-c2cc(C)c(C)c(C(=O)NCc3c(C)cc(C)[nH]c3=O)c2)cc1. The Balaban J connectivity index is 1.80. The van der Waals surface area contributed by atoms with Crippen molar-refractivity contribution in [3.05, 3.63) is 86.3 Å². The van der Waals surface area contributed by atoms with Gasteiger partial charge in [0.1, 0.15) is 12.4 Å². The molecule has 1 heterocycles. The number of aryl methyl sites for hydroxylation is 3. The van der Waals surface area contributed by atoms with Crippen molar-refractivity contribution in [3.63, 3.8) is 0 Å². The second kappa shape index (κ2) is 10.3. The van der Waals surface area contributed by atoms with Crippen LogP contribution in [0.3, 0.4) is 0 Å². The molecule has 0 fully saturated rings. The zero-order valence-corrected chi connectivity index (χ0v) is 19.3. The molecule has 168 valence electrons. The molecular weight excluding hydrogens is 404 g/mol. The predicted octanol–water partition coefficient (Wildman–Crippen LogP) is 4.23. The number of methoxy groups -OCH3 is 1. The van der Waals surface area contributed by atoms with Crippen molar-refractivity contribution >= 4 is 5.91 Å². The Bertz CT molecular complexity index is 1160. The molecule has 0 aliphatic heterocycles. The van der Waals surface area contributed by atoms with Gasteiger partial charge in [-0.1, -0.05) is 18.2 Å². The van der Waals surface area contributed by atoms with Gasteiger partial charge in [-0.2, -0.15) is 0 Å². The van der Waals surface area contributed by atoms with Gasteiger partial charge in [0.2, 0.25) is 0 Å². The maximum absolute atomic E-state index is 13.0. The van der Waals surface area contributed by atoms with E-state index in [1.165, 1.54) is 0 Å². The standard InChI is InChI=1S/C26H30N2O4/c1-16-13-21(20-6-8-22(9-7-20)32-11-10-31-5)14-23(19(16)4)25(29)27-15-24-17(2)12-18(3)28-26(24)30/h6-9,12-14H,10-11,15H2,1-5H3,(H,27,29)(H,28,30). The number of carbonyl (C=O) groups is 1. The summed E-state index contributed by atoms with van der Waals surface area (Å²) in [5, 5.41) is 2.91. The van der Waals surface area contributed by atoms with Gasteiger partial charge in [-0.05, 0) is 79.8 Å². The van der Waals surface area contributed by atoms with Gasteiger partial charge in [-0.3, -0.25) is 9.59 Å². The Morgan fingerprint density at radius 3 is 2.31 bits per heavy atom. The smallest absolute Gasteiger partial charge is 0.253 e. The third-order valence-electron chi connectivity index (χ3n) is 5.58. The van der Waals surface area contributed by atoms with Crippen molar-refractivity contribution in [3.8, 4) is 16.9 Å². The Hall–Kier alpha value is -3.38. The molecule has 1 aromatic heterocycles. The zero-order valence-electron chi connectivity index (χ0n) is 19.3. The first-order valence-corrected chi connectivity index (χ1v) is 10.6. The van der Waals surface area contributed by atoms with Crippen molar-refractivity contribution in [2.45, 2.75) is 34.2 Å². The zero-order chi connectivity index (χ0) is 23.3. The average Bonchev–Trinajstić information content (AvgIpc) is 2.75. The molecule has 0 atom stereocenters. The molecule has 0 aliphatic carbocycles. The summed E-state index contributed by atoms with van der Waals surface area (Å²) in [6, 6.07) is 13.6. The topological polar surface area (TPSA) is 80.4 Å². The molecule has 0 saturated heterocycles. The minimum Gasteiger partial charge on any atom is -0.491 e. The Morgan fingerprint density at radius 1 is 0.938 bits per heavy atom. The number of hydrogen-bond donors (Lipinski definition) is 2. The van der Waals surface area contributed by atoms with Crippen LogP contribution in [0.5, 0.6) is 5.75 Å². The highest BCUT2D eigenvalue weighted by molar-refractivity contribution is 5.97. The van der Waals surface area contributed by atoms with Crippen LogP contribution in [-0.2, 0) is 11.3 Å². The van der Waals surface area contributed by atoms with Crippen LogP contribution in [-0.4, -0.2) is 31.2 Å². The fourth-order valence-corrected chi connectivity index (χ4v) is 3.61. The minimum atomic E-state index is -0.202. The number of rotatable bonds is 8. The lowest BCUT2D eigenvalue weighted by Crippen LogP contribution is -2.28. The van der Waals surface area contributed by atoms with Crippen molar-refractivity contribution in [2.75, 3.05) is 20.3 Å². The molecule has 0 spiro atoms. The number of benzene rings is 2. The number of H-pyrrole nitrogens is 1. The van der Waals surface area contributed by atoms with Gasteiger partial charge in [-0.15, -0.1) is 0 Å². The van der Waals surface area contributed by atoms with Crippen LogP contribution in [0.1, 0.15) is 38.3 Å². The molecule has 2 N–H and O–H groups in total. The highest BCUT2D eigenvalue weighted by atomic mass is 16.5. The van der Waals surface area contributed by atoms with E-state index in [4.69, 9.17) is 9.47 Å². The number of aromatic amines is 1. The van der Waals surface area contributed by atoms with E-state index in [2.05, 4.69) is 16.4 Å². The second-order valence-corrected chi connectivity index (χ2v) is 7.96. The Labute approximate surface area is 188 Å². The number of amides is 1. The lowest BCUT2D eigenvalue weighted by molar-refractivity contribution is 0.0950. The fraction of sp³-hybridized carbons (Fsp3) is 0.308. The van der Waals surface area contributed by atoms with Gasteiger partial charge in [0.05, 0.1) is 6.61 Å². The molecule has 6 heteroatoms. The summed E-state index contributed by atoms with van der Waals surface area (Å²) < 4.78 is 10.6. The number of ether oxygens (including phenoxy) is 2. The van der Waals surface area contributed by atoms with Gasteiger partial charge >= 0.3 is 0 Å². The summed E-state index contributed by atoms with van der Waals surface area (Å²) >= 11 is 0. The van der Waals surface area contributed by atoms with Crippen molar-refractivity contribution in [1.29, 1.82) is 0 Å². The molecule has 0 saturated carbocycles. The average molecular weight is 435 g/mol. The normalized spacial score (nSPS) is 10.8. The molecule has 1 amide bonds. The molecule has 0 aliphatic rings. The van der Waals surface area contributed by atoms with Crippen LogP contribution in [0.4, 0.5) is 0 Å². The highest BCUT2D eigenvalue weighted by Gasteiger charge is 2.15. The van der Waals surface area contributed by atoms with E-state index in [0.717, 1.165) is 39.3 Å². The number of pyridine rings is 1. The summed E-state index contributed by atoms with van der Waals surface area (Å²) in [5.74, 6) is 0.567. The Morgan fingerprint density at radius 2 is 1.66 bits per heavy atom. The van der Waals surface area contributed by atoms with Crippen LogP contribution in [0.25, 0.3) is 11.1 Å². The molecule has 0 unspecified atom stereocenters. The summed E-state index contributed by atoms with van der Waals surface area (Å²) in [6.45, 7) is 8.85. The van der Waals surface area contributed by atoms with E-state index in [0.29, 0.717) is 24.3 Å². The molecule has 3 rings (SSSR count). The van der Waals surface area contributed by atoms with Gasteiger partial charge in [-0.25, -0.2) is 0 Å². The third kappa shape index (κ3) is 5.45. The monoisotopic (exact) mass is 434 g/mol. The second-order valence-electron chi connectivity index (χ2n) is 7.96. The van der Waals surface area contributed by atoms with Crippen LogP contribution >= 0.6 is 0 Å². The van der Waals surface area contributed by atoms with Crippen molar-refractivity contribution < 1.29 is 14.3 Å². The molecule has 0 bridgehead atoms. The maximum Gasteiger partial charge on any atom is 0.253 e. The van der Waals surface area contributed by atoms with E-state index < -0.39 is 0 Å². The van der Waals surface area contributed by atoms with Crippen molar-refractivity contribution in [2.24, 2.45) is 0 Å². The Kier molecular flexibility index (Phi) is 7.49. The van der Waals surface area contributed by atoms with Crippen LogP contribution < -0.4 is 15.6 Å². The number of hydrogen-bond acceptors (Lipinski definition) is 4. The molecule has 6 nitrogen and oxygen atoms in total. The minimum absolute atomic E-state index is 0.169. The first-order chi connectivity index (χ1) is 15.3. The van der Waals surface area contributed by atoms with Crippen LogP contribution in [0.2, 0.25) is 0 Å². The molecule has 0 radical (unpaired) electrons. The predicted molar refractivity (Wildman–Crippen MR) is 126 cm³/mol. The summed E-state index contributed by atoms with van der Waals surface area (Å²) in [5.41, 5.74) is 6.55. The number of carbonyl (C=O) groups excluding carboxylic acids is 1. The quantitative estimate of drug-likeness (QED) is 0.520. The third-order valence-corrected chi connectivity index (χ3v) is 5.58. The van der Waals surface area contributed by atoms with E-state index >= 15 is 0 Å². The summed E-state index contributed by atoms with van der Waals surface area (Å²) in [7, 11) is 1.64. The van der Waals surface area contributed by atoms with Crippen LogP contribution in [0, 0.1) is 27.7 Å². The largest absolute Gasteiger partial charge is 0.491 e. The van der Waals surface area contributed by atoms with E-state index in [9.17, 15) is 9.59 Å². The molecular formula is C26H30N2O4. The first kappa shape index (κ1) is 23.3. The van der Waals surface area contributed by atoms with Gasteiger partial charge in [0.25, 0.3) is 11.5 Å². The van der Waals surface area contributed by atoms with E-state index in [1.54, 1.807) is 7.11 Å². The lowest BCUT2D eigenvalue weighted by atomic mass is 9.95. The molecule has 3 aromatic rings. The maximum atomic E-state index is 13.0. The van der Waals surface area contributed by atoms with Crippen LogP contribution in [0.15, 0.2) is 47.3 Å². The molecule has 2 aromatic carbocycles.